The van der Waals surface area contributed by atoms with Crippen LogP contribution in [0.15, 0.2) is 18.2 Å². The molecule has 102 valence electrons. The van der Waals surface area contributed by atoms with Crippen LogP contribution in [-0.2, 0) is 6.42 Å². The number of Topliss-reactive ketones (excluding diaryl/α,β-unsaturated/α-hetero) is 1. The lowest BCUT2D eigenvalue weighted by atomic mass is 9.70. The molecule has 2 unspecified atom stereocenters. The molecule has 2 aromatic rings. The lowest BCUT2D eigenvalue weighted by Crippen LogP contribution is -2.34. The van der Waals surface area contributed by atoms with Crippen molar-refractivity contribution >= 4 is 16.6 Å². The predicted octanol–water partition coefficient (Wildman–Crippen LogP) is 2.23. The maximum atomic E-state index is 12.3. The largest absolute Gasteiger partial charge is 0.504 e. The number of aliphatic hydroxyl groups excluding tert-OH is 1. The van der Waals surface area contributed by atoms with Crippen LogP contribution in [0.1, 0.15) is 40.2 Å². The van der Waals surface area contributed by atoms with E-state index in [0.717, 1.165) is 18.4 Å². The Balaban J connectivity index is 2.25. The van der Waals surface area contributed by atoms with Crippen LogP contribution >= 0.6 is 0 Å². The van der Waals surface area contributed by atoms with Gasteiger partial charge in [0.05, 0.1) is 0 Å². The molecule has 0 spiro atoms. The Morgan fingerprint density at radius 3 is 2.75 bits per heavy atom. The van der Waals surface area contributed by atoms with E-state index in [0.29, 0.717) is 28.3 Å². The van der Waals surface area contributed by atoms with Gasteiger partial charge in [0.2, 0.25) is 0 Å². The molecule has 0 bridgehead atoms. The van der Waals surface area contributed by atoms with Crippen molar-refractivity contribution in [2.24, 2.45) is 0 Å². The van der Waals surface area contributed by atoms with Crippen molar-refractivity contribution in [2.45, 2.75) is 31.3 Å². The maximum Gasteiger partial charge on any atom is 0.192 e. The number of carbonyl (C=O) groups is 1. The Hall–Kier alpha value is -2.07. The molecule has 4 heteroatoms. The normalized spacial score (nSPS) is 24.1. The average molecular weight is 270 g/mol. The lowest BCUT2D eigenvalue weighted by Gasteiger charge is -2.35. The van der Waals surface area contributed by atoms with Gasteiger partial charge in [0.25, 0.3) is 0 Å². The average Bonchev–Trinajstić information content (AvgIpc) is 2.48. The summed E-state index contributed by atoms with van der Waals surface area (Å²) in [6.07, 6.45) is 1.14. The lowest BCUT2D eigenvalue weighted by molar-refractivity contribution is 0.0664. The molecule has 2 aliphatic rings. The number of benzene rings is 2. The molecule has 3 N–H and O–H groups in total. The van der Waals surface area contributed by atoms with E-state index in [9.17, 15) is 20.1 Å². The van der Waals surface area contributed by atoms with E-state index in [1.807, 2.05) is 0 Å². The third kappa shape index (κ3) is 1.22. The molecule has 0 radical (unpaired) electrons. The molecule has 0 saturated heterocycles. The van der Waals surface area contributed by atoms with E-state index in [1.54, 1.807) is 18.2 Å². The molecule has 2 atom stereocenters. The van der Waals surface area contributed by atoms with Crippen LogP contribution in [0, 0.1) is 0 Å². The van der Waals surface area contributed by atoms with Gasteiger partial charge in [-0.1, -0.05) is 18.2 Å². The van der Waals surface area contributed by atoms with Crippen molar-refractivity contribution in [3.05, 3.63) is 34.9 Å². The summed E-state index contributed by atoms with van der Waals surface area (Å²) >= 11 is 0. The highest BCUT2D eigenvalue weighted by molar-refractivity contribution is 6.15. The molecular formula is C16H14O4. The van der Waals surface area contributed by atoms with Gasteiger partial charge in [0.15, 0.2) is 17.3 Å². The molecule has 0 aromatic heterocycles. The second-order valence-corrected chi connectivity index (χ2v) is 5.63. The summed E-state index contributed by atoms with van der Waals surface area (Å²) in [5, 5.41) is 31.8. The number of rotatable bonds is 0. The number of phenols is 2. The summed E-state index contributed by atoms with van der Waals surface area (Å²) in [7, 11) is 0. The Labute approximate surface area is 115 Å². The highest BCUT2D eigenvalue weighted by atomic mass is 16.3. The summed E-state index contributed by atoms with van der Waals surface area (Å²) in [6, 6.07) is 5.04. The van der Waals surface area contributed by atoms with Gasteiger partial charge in [-0.25, -0.2) is 0 Å². The number of hydrogen-bond acceptors (Lipinski definition) is 4. The zero-order chi connectivity index (χ0) is 14.0. The fraction of sp³-hybridized carbons (Fsp3) is 0.312. The van der Waals surface area contributed by atoms with Crippen molar-refractivity contribution in [2.75, 3.05) is 0 Å². The highest BCUT2D eigenvalue weighted by Gasteiger charge is 2.40. The van der Waals surface area contributed by atoms with E-state index in [4.69, 9.17) is 0 Å². The van der Waals surface area contributed by atoms with E-state index >= 15 is 0 Å². The second kappa shape index (κ2) is 3.73. The fourth-order valence-corrected chi connectivity index (χ4v) is 3.76. The van der Waals surface area contributed by atoms with E-state index in [1.165, 1.54) is 0 Å². The van der Waals surface area contributed by atoms with Gasteiger partial charge in [-0.15, -0.1) is 0 Å². The summed E-state index contributed by atoms with van der Waals surface area (Å²) in [5.74, 6) is -0.817. The Morgan fingerprint density at radius 2 is 1.95 bits per heavy atom. The first-order valence-electron chi connectivity index (χ1n) is 6.83. The van der Waals surface area contributed by atoms with Crippen LogP contribution in [0.25, 0.3) is 10.8 Å². The zero-order valence-corrected chi connectivity index (χ0v) is 10.8. The molecule has 20 heavy (non-hydrogen) atoms. The van der Waals surface area contributed by atoms with Crippen LogP contribution < -0.4 is 0 Å². The maximum absolute atomic E-state index is 12.3. The van der Waals surface area contributed by atoms with Crippen molar-refractivity contribution in [1.82, 2.24) is 0 Å². The topological polar surface area (TPSA) is 77.8 Å². The molecule has 2 aliphatic carbocycles. The van der Waals surface area contributed by atoms with Crippen molar-refractivity contribution < 1.29 is 20.1 Å². The van der Waals surface area contributed by atoms with Gasteiger partial charge in [-0.05, 0) is 24.8 Å². The van der Waals surface area contributed by atoms with Crippen LogP contribution in [0.3, 0.4) is 0 Å². The Morgan fingerprint density at radius 1 is 1.15 bits per heavy atom. The predicted molar refractivity (Wildman–Crippen MR) is 73.3 cm³/mol. The summed E-state index contributed by atoms with van der Waals surface area (Å²) < 4.78 is 0. The van der Waals surface area contributed by atoms with Crippen molar-refractivity contribution in [3.63, 3.8) is 0 Å². The zero-order valence-electron chi connectivity index (χ0n) is 10.8. The molecule has 0 aliphatic heterocycles. The summed E-state index contributed by atoms with van der Waals surface area (Å²) in [4.78, 5) is 12.3. The monoisotopic (exact) mass is 270 g/mol. The number of aromatic hydroxyl groups is 2. The number of phenolic OH excluding ortho intramolecular Hbond substituents is 2. The van der Waals surface area contributed by atoms with Crippen LogP contribution in [0.5, 0.6) is 11.5 Å². The summed E-state index contributed by atoms with van der Waals surface area (Å²) in [5.41, 5.74) is 1.98. The Bertz CT molecular complexity index is 763. The van der Waals surface area contributed by atoms with Crippen molar-refractivity contribution in [1.29, 1.82) is 0 Å². The molecule has 0 amide bonds. The van der Waals surface area contributed by atoms with Gasteiger partial charge in [-0.3, -0.25) is 4.79 Å². The van der Waals surface area contributed by atoms with Gasteiger partial charge in [0, 0.05) is 27.8 Å². The van der Waals surface area contributed by atoms with Crippen molar-refractivity contribution in [3.8, 4) is 11.5 Å². The minimum Gasteiger partial charge on any atom is -0.504 e. The SMILES string of the molecule is O=C1c2cccc3c(O)c(O)c4c(c23)C(CCC4)C1O. The molecule has 2 aromatic carbocycles. The second-order valence-electron chi connectivity index (χ2n) is 5.63. The molecule has 4 nitrogen and oxygen atoms in total. The first-order valence-corrected chi connectivity index (χ1v) is 6.83. The third-order valence-corrected chi connectivity index (χ3v) is 4.65. The fourth-order valence-electron chi connectivity index (χ4n) is 3.76. The molecule has 0 heterocycles. The Kier molecular flexibility index (Phi) is 2.19. The van der Waals surface area contributed by atoms with E-state index < -0.39 is 6.10 Å². The molecule has 0 fully saturated rings. The molecular weight excluding hydrogens is 256 g/mol. The standard InChI is InChI=1S/C16H14O4/c17-13-7-3-1-4-8-11(7)12-9(15(13)19)5-2-6-10(12)16(20)14(8)18/h1,3-4,9,15,18-20H,2,5-6H2. The van der Waals surface area contributed by atoms with Gasteiger partial charge < -0.3 is 15.3 Å². The summed E-state index contributed by atoms with van der Waals surface area (Å²) in [6.45, 7) is 0. The molecule has 4 rings (SSSR count). The first-order chi connectivity index (χ1) is 9.61. The van der Waals surface area contributed by atoms with E-state index in [-0.39, 0.29) is 23.2 Å². The smallest absolute Gasteiger partial charge is 0.192 e. The molecule has 0 saturated carbocycles. The van der Waals surface area contributed by atoms with E-state index in [2.05, 4.69) is 0 Å². The third-order valence-electron chi connectivity index (χ3n) is 4.65. The number of aliphatic hydroxyl groups is 1. The highest BCUT2D eigenvalue weighted by Crippen LogP contribution is 2.51. The minimum atomic E-state index is -1.05. The van der Waals surface area contributed by atoms with Crippen LogP contribution in [0.2, 0.25) is 0 Å². The first kappa shape index (κ1) is 11.7. The quantitative estimate of drug-likeness (QED) is 0.641. The van der Waals surface area contributed by atoms with Gasteiger partial charge >= 0.3 is 0 Å². The van der Waals surface area contributed by atoms with Gasteiger partial charge in [-0.2, -0.15) is 0 Å². The minimum absolute atomic E-state index is 0.101. The number of carbonyl (C=O) groups excluding carboxylic acids is 1. The number of ketones is 1. The van der Waals surface area contributed by atoms with Gasteiger partial charge in [0.1, 0.15) is 6.10 Å². The van der Waals surface area contributed by atoms with Crippen LogP contribution in [-0.4, -0.2) is 27.2 Å². The number of hydrogen-bond donors (Lipinski definition) is 3. The van der Waals surface area contributed by atoms with Crippen LogP contribution in [0.4, 0.5) is 0 Å².